The molecule has 0 radical (unpaired) electrons. The highest BCUT2D eigenvalue weighted by Crippen LogP contribution is 2.31. The molecule has 0 bridgehead atoms. The highest BCUT2D eigenvalue weighted by Gasteiger charge is 2.26. The first-order valence-corrected chi connectivity index (χ1v) is 11.8. The van der Waals surface area contributed by atoms with Gasteiger partial charge in [0.15, 0.2) is 12.4 Å². The van der Waals surface area contributed by atoms with Gasteiger partial charge in [0, 0.05) is 24.5 Å². The number of rotatable bonds is 10. The van der Waals surface area contributed by atoms with Crippen molar-refractivity contribution in [1.82, 2.24) is 9.62 Å². The zero-order chi connectivity index (χ0) is 24.2. The van der Waals surface area contributed by atoms with E-state index >= 15 is 0 Å². The molecule has 10 nitrogen and oxygen atoms in total. The lowest BCUT2D eigenvalue weighted by molar-refractivity contribution is -0.386. The number of nitro benzene ring substituents is 1. The molecule has 1 amide bonds. The minimum Gasteiger partial charge on any atom is -0.477 e. The molecule has 0 aliphatic heterocycles. The van der Waals surface area contributed by atoms with Gasteiger partial charge in [-0.2, -0.15) is 4.31 Å². The van der Waals surface area contributed by atoms with Gasteiger partial charge < -0.3 is 14.5 Å². The van der Waals surface area contributed by atoms with Crippen LogP contribution in [-0.4, -0.2) is 43.2 Å². The number of para-hydroxylation sites is 1. The average molecular weight is 476 g/mol. The molecular weight excluding hydrogens is 450 g/mol. The standard InChI is InChI=1S/C22H25N3O7S/c1-4-24(5-2)33(29,30)17-10-11-20(18(13-17)25(27)28)31-14-22(26)23-15(3)21-12-16-8-6-7-9-19(16)32-21/h6-13,15H,4-5,14H2,1-3H3,(H,23,26)/t15-/m1/s1. The van der Waals surface area contributed by atoms with Crippen LogP contribution in [0.3, 0.4) is 0 Å². The molecule has 11 heteroatoms. The number of nitro groups is 1. The average Bonchev–Trinajstić information content (AvgIpc) is 3.22. The minimum atomic E-state index is -3.88. The Morgan fingerprint density at radius 3 is 2.52 bits per heavy atom. The number of furan rings is 1. The van der Waals surface area contributed by atoms with Crippen LogP contribution >= 0.6 is 0 Å². The predicted molar refractivity (Wildman–Crippen MR) is 121 cm³/mol. The summed E-state index contributed by atoms with van der Waals surface area (Å²) in [6.45, 7) is 5.07. The van der Waals surface area contributed by atoms with Crippen LogP contribution in [0.5, 0.6) is 5.75 Å². The molecule has 0 aliphatic carbocycles. The summed E-state index contributed by atoms with van der Waals surface area (Å²) in [4.78, 5) is 22.9. The second kappa shape index (κ2) is 10.0. The number of benzene rings is 2. The Balaban J connectivity index is 1.71. The summed E-state index contributed by atoms with van der Waals surface area (Å²) in [6.07, 6.45) is 0. The molecule has 0 saturated carbocycles. The summed E-state index contributed by atoms with van der Waals surface area (Å²) in [5.74, 6) is -0.163. The summed E-state index contributed by atoms with van der Waals surface area (Å²) >= 11 is 0. The molecule has 1 atom stereocenters. The van der Waals surface area contributed by atoms with Crippen molar-refractivity contribution in [2.45, 2.75) is 31.7 Å². The van der Waals surface area contributed by atoms with Crippen LogP contribution in [0.2, 0.25) is 0 Å². The number of sulfonamides is 1. The summed E-state index contributed by atoms with van der Waals surface area (Å²) in [7, 11) is -3.88. The normalized spacial score (nSPS) is 12.6. The molecule has 0 unspecified atom stereocenters. The minimum absolute atomic E-state index is 0.204. The van der Waals surface area contributed by atoms with Crippen LogP contribution in [0.15, 0.2) is 57.8 Å². The lowest BCUT2D eigenvalue weighted by Crippen LogP contribution is -2.31. The number of carbonyl (C=O) groups excluding carboxylic acids is 1. The van der Waals surface area contributed by atoms with E-state index in [2.05, 4.69) is 5.32 Å². The van der Waals surface area contributed by atoms with Crippen molar-refractivity contribution in [3.63, 3.8) is 0 Å². The van der Waals surface area contributed by atoms with E-state index in [1.807, 2.05) is 30.3 Å². The molecule has 3 rings (SSSR count). The number of fused-ring (bicyclic) bond motifs is 1. The van der Waals surface area contributed by atoms with Crippen molar-refractivity contribution in [3.8, 4) is 5.75 Å². The van der Waals surface area contributed by atoms with Crippen molar-refractivity contribution in [2.24, 2.45) is 0 Å². The van der Waals surface area contributed by atoms with E-state index < -0.39 is 39.2 Å². The Hall–Kier alpha value is -3.44. The van der Waals surface area contributed by atoms with Gasteiger partial charge in [0.1, 0.15) is 11.3 Å². The van der Waals surface area contributed by atoms with Crippen molar-refractivity contribution >= 4 is 32.6 Å². The van der Waals surface area contributed by atoms with Gasteiger partial charge in [-0.1, -0.05) is 32.0 Å². The van der Waals surface area contributed by atoms with E-state index in [0.29, 0.717) is 11.3 Å². The van der Waals surface area contributed by atoms with Gasteiger partial charge in [-0.25, -0.2) is 8.42 Å². The van der Waals surface area contributed by atoms with Gasteiger partial charge in [-0.05, 0) is 31.2 Å². The number of nitrogens with zero attached hydrogens (tertiary/aromatic N) is 2. The van der Waals surface area contributed by atoms with E-state index in [1.54, 1.807) is 20.8 Å². The first-order valence-electron chi connectivity index (χ1n) is 10.4. The topological polar surface area (TPSA) is 132 Å². The van der Waals surface area contributed by atoms with E-state index in [4.69, 9.17) is 9.15 Å². The van der Waals surface area contributed by atoms with Crippen LogP contribution in [0.4, 0.5) is 5.69 Å². The molecule has 176 valence electrons. The molecule has 33 heavy (non-hydrogen) atoms. The molecule has 0 aliphatic rings. The first kappa shape index (κ1) is 24.2. The van der Waals surface area contributed by atoms with E-state index in [9.17, 15) is 23.3 Å². The van der Waals surface area contributed by atoms with Crippen LogP contribution in [-0.2, 0) is 14.8 Å². The smallest absolute Gasteiger partial charge is 0.312 e. The third-order valence-corrected chi connectivity index (χ3v) is 7.12. The fraction of sp³-hybridized carbons (Fsp3) is 0.318. The van der Waals surface area contributed by atoms with Crippen LogP contribution in [0.1, 0.15) is 32.6 Å². The van der Waals surface area contributed by atoms with Crippen LogP contribution in [0, 0.1) is 10.1 Å². The maximum atomic E-state index is 12.7. The number of hydrogen-bond acceptors (Lipinski definition) is 7. The molecule has 1 heterocycles. The van der Waals surface area contributed by atoms with Crippen molar-refractivity contribution < 1.29 is 27.3 Å². The Morgan fingerprint density at radius 1 is 1.18 bits per heavy atom. The SMILES string of the molecule is CCN(CC)S(=O)(=O)c1ccc(OCC(=O)N[C@H](C)c2cc3ccccc3o2)c([N+](=O)[O-])c1. The lowest BCUT2D eigenvalue weighted by atomic mass is 10.2. The predicted octanol–water partition coefficient (Wildman–Crippen LogP) is 3.63. The Kier molecular flexibility index (Phi) is 7.34. The number of carbonyl (C=O) groups is 1. The van der Waals surface area contributed by atoms with Crippen molar-refractivity contribution in [3.05, 3.63) is 64.4 Å². The fourth-order valence-corrected chi connectivity index (χ4v) is 4.83. The van der Waals surface area contributed by atoms with Gasteiger partial charge >= 0.3 is 5.69 Å². The van der Waals surface area contributed by atoms with Gasteiger partial charge in [0.05, 0.1) is 15.9 Å². The highest BCUT2D eigenvalue weighted by molar-refractivity contribution is 7.89. The van der Waals surface area contributed by atoms with Crippen LogP contribution < -0.4 is 10.1 Å². The summed E-state index contributed by atoms with van der Waals surface area (Å²) in [5, 5.41) is 15.1. The van der Waals surface area contributed by atoms with Gasteiger partial charge in [-0.15, -0.1) is 0 Å². The van der Waals surface area contributed by atoms with Crippen molar-refractivity contribution in [1.29, 1.82) is 0 Å². The third kappa shape index (κ3) is 5.32. The van der Waals surface area contributed by atoms with Crippen molar-refractivity contribution in [2.75, 3.05) is 19.7 Å². The number of ether oxygens (including phenoxy) is 1. The molecule has 3 aromatic rings. The lowest BCUT2D eigenvalue weighted by Gasteiger charge is -2.18. The number of nitrogens with one attached hydrogen (secondary N) is 1. The van der Waals surface area contributed by atoms with Gasteiger partial charge in [0.25, 0.3) is 5.91 Å². The number of hydrogen-bond donors (Lipinski definition) is 1. The second-order valence-electron chi connectivity index (χ2n) is 7.24. The first-order chi connectivity index (χ1) is 15.7. The molecule has 1 N–H and O–H groups in total. The van der Waals surface area contributed by atoms with E-state index in [1.165, 1.54) is 16.4 Å². The summed E-state index contributed by atoms with van der Waals surface area (Å²) in [6, 6.07) is 12.2. The zero-order valence-electron chi connectivity index (χ0n) is 18.5. The van der Waals surface area contributed by atoms with E-state index in [-0.39, 0.29) is 23.7 Å². The summed E-state index contributed by atoms with van der Waals surface area (Å²) < 4.78 is 37.6. The monoisotopic (exact) mass is 475 g/mol. The molecule has 0 fully saturated rings. The quantitative estimate of drug-likeness (QED) is 0.350. The molecule has 1 aromatic heterocycles. The van der Waals surface area contributed by atoms with E-state index in [0.717, 1.165) is 11.5 Å². The Bertz CT molecular complexity index is 1230. The largest absolute Gasteiger partial charge is 0.477 e. The highest BCUT2D eigenvalue weighted by atomic mass is 32.2. The Labute approximate surface area is 191 Å². The zero-order valence-corrected chi connectivity index (χ0v) is 19.3. The molecular formula is C22H25N3O7S. The molecule has 0 saturated heterocycles. The molecule has 0 spiro atoms. The third-order valence-electron chi connectivity index (χ3n) is 5.08. The maximum Gasteiger partial charge on any atom is 0.312 e. The number of amides is 1. The second-order valence-corrected chi connectivity index (χ2v) is 9.18. The van der Waals surface area contributed by atoms with Gasteiger partial charge in [0.2, 0.25) is 10.0 Å². The summed E-state index contributed by atoms with van der Waals surface area (Å²) in [5.41, 5.74) is 0.154. The maximum absolute atomic E-state index is 12.7. The molecule has 2 aromatic carbocycles. The fourth-order valence-electron chi connectivity index (χ4n) is 3.35. The Morgan fingerprint density at radius 2 is 1.88 bits per heavy atom. The van der Waals surface area contributed by atoms with Crippen LogP contribution in [0.25, 0.3) is 11.0 Å². The van der Waals surface area contributed by atoms with Gasteiger partial charge in [-0.3, -0.25) is 14.9 Å².